The van der Waals surface area contributed by atoms with Crippen LogP contribution < -0.4 is 0 Å². The Balaban J connectivity index is 1.89. The van der Waals surface area contributed by atoms with E-state index in [1.54, 1.807) is 6.20 Å². The van der Waals surface area contributed by atoms with Gasteiger partial charge in [0.25, 0.3) is 5.91 Å². The summed E-state index contributed by atoms with van der Waals surface area (Å²) in [5.41, 5.74) is 2.12. The molecule has 0 aromatic carbocycles. The molecule has 3 heterocycles. The number of carbonyl (C=O) groups excluding carboxylic acids is 1. The van der Waals surface area contributed by atoms with Gasteiger partial charge in [-0.25, -0.2) is 0 Å². The molecule has 3 rings (SSSR count). The van der Waals surface area contributed by atoms with E-state index in [2.05, 4.69) is 10.2 Å². The van der Waals surface area contributed by atoms with Gasteiger partial charge >= 0.3 is 0 Å². The highest BCUT2D eigenvalue weighted by Gasteiger charge is 2.30. The maximum absolute atomic E-state index is 12.7. The predicted octanol–water partition coefficient (Wildman–Crippen LogP) is 3.15. The molecule has 1 aliphatic heterocycles. The molecule has 1 aliphatic rings. The van der Waals surface area contributed by atoms with Crippen LogP contribution in [0.3, 0.4) is 0 Å². The number of carbonyl (C=O) groups is 1. The number of amides is 1. The zero-order valence-electron chi connectivity index (χ0n) is 10.9. The Bertz CT molecular complexity index is 561. The minimum atomic E-state index is 0.144. The largest absolute Gasteiger partial charge is 0.329 e. The van der Waals surface area contributed by atoms with E-state index in [0.29, 0.717) is 0 Å². The first-order valence-corrected chi connectivity index (χ1v) is 7.49. The summed E-state index contributed by atoms with van der Waals surface area (Å²) < 4.78 is 0. The molecule has 1 N–H and O–H groups in total. The van der Waals surface area contributed by atoms with Gasteiger partial charge < -0.3 is 4.90 Å². The van der Waals surface area contributed by atoms with Crippen molar-refractivity contribution in [2.24, 2.45) is 0 Å². The first kappa shape index (κ1) is 12.4. The number of aromatic nitrogens is 2. The van der Waals surface area contributed by atoms with E-state index >= 15 is 0 Å². The minimum Gasteiger partial charge on any atom is -0.329 e. The van der Waals surface area contributed by atoms with E-state index in [0.717, 1.165) is 41.9 Å². The number of thiophene rings is 1. The van der Waals surface area contributed by atoms with E-state index in [1.807, 2.05) is 29.3 Å². The van der Waals surface area contributed by atoms with Crippen molar-refractivity contribution < 1.29 is 4.79 Å². The van der Waals surface area contributed by atoms with Crippen molar-refractivity contribution in [3.05, 3.63) is 39.8 Å². The third kappa shape index (κ3) is 2.30. The summed E-state index contributed by atoms with van der Waals surface area (Å²) in [6, 6.07) is 4.12. The Hall–Kier alpha value is -1.62. The molecule has 2 aromatic rings. The molecular formula is C14H17N3OS. The summed E-state index contributed by atoms with van der Waals surface area (Å²) >= 11 is 1.53. The molecule has 0 saturated carbocycles. The fraction of sp³-hybridized carbons (Fsp3) is 0.429. The molecule has 1 saturated heterocycles. The Kier molecular flexibility index (Phi) is 3.38. The van der Waals surface area contributed by atoms with Gasteiger partial charge in [0, 0.05) is 12.7 Å². The van der Waals surface area contributed by atoms with Crippen LogP contribution in [0.25, 0.3) is 0 Å². The van der Waals surface area contributed by atoms with Crippen LogP contribution in [0.15, 0.2) is 23.7 Å². The van der Waals surface area contributed by atoms with E-state index in [1.165, 1.54) is 11.3 Å². The molecule has 1 atom stereocenters. The second-order valence-corrected chi connectivity index (χ2v) is 5.87. The van der Waals surface area contributed by atoms with Crippen LogP contribution in [-0.4, -0.2) is 27.5 Å². The van der Waals surface area contributed by atoms with Gasteiger partial charge in [-0.05, 0) is 49.3 Å². The summed E-state index contributed by atoms with van der Waals surface area (Å²) in [6.07, 6.45) is 5.01. The van der Waals surface area contributed by atoms with E-state index in [-0.39, 0.29) is 11.9 Å². The van der Waals surface area contributed by atoms with Crippen molar-refractivity contribution in [2.75, 3.05) is 6.54 Å². The Morgan fingerprint density at radius 1 is 1.47 bits per heavy atom. The van der Waals surface area contributed by atoms with Crippen LogP contribution in [0, 0.1) is 6.92 Å². The lowest BCUT2D eigenvalue weighted by atomic mass is 9.99. The molecule has 1 amide bonds. The number of H-pyrrole nitrogens is 1. The smallest absolute Gasteiger partial charge is 0.264 e. The fourth-order valence-electron chi connectivity index (χ4n) is 2.67. The van der Waals surface area contributed by atoms with Crippen molar-refractivity contribution in [1.82, 2.24) is 15.1 Å². The van der Waals surface area contributed by atoms with Gasteiger partial charge in [0.15, 0.2) is 0 Å². The number of nitrogens with zero attached hydrogens (tertiary/aromatic N) is 2. The van der Waals surface area contributed by atoms with Crippen molar-refractivity contribution in [3.63, 3.8) is 0 Å². The normalized spacial score (nSPS) is 19.6. The molecule has 5 heteroatoms. The topological polar surface area (TPSA) is 49.0 Å². The number of piperidine rings is 1. The summed E-state index contributed by atoms with van der Waals surface area (Å²) in [4.78, 5) is 15.6. The quantitative estimate of drug-likeness (QED) is 0.915. The van der Waals surface area contributed by atoms with Crippen molar-refractivity contribution in [2.45, 2.75) is 32.2 Å². The Morgan fingerprint density at radius 3 is 3.05 bits per heavy atom. The van der Waals surface area contributed by atoms with E-state index in [9.17, 15) is 4.79 Å². The number of likely N-dealkylation sites (tertiary alicyclic amines) is 1. The van der Waals surface area contributed by atoms with Gasteiger partial charge in [-0.15, -0.1) is 11.3 Å². The minimum absolute atomic E-state index is 0.144. The molecule has 1 fully saturated rings. The highest BCUT2D eigenvalue weighted by atomic mass is 32.1. The van der Waals surface area contributed by atoms with Crippen LogP contribution in [0.1, 0.15) is 46.2 Å². The average molecular weight is 275 g/mol. The van der Waals surface area contributed by atoms with Gasteiger partial charge in [0.2, 0.25) is 0 Å². The fourth-order valence-corrected chi connectivity index (χ4v) is 3.55. The molecule has 0 unspecified atom stereocenters. The van der Waals surface area contributed by atoms with E-state index in [4.69, 9.17) is 0 Å². The van der Waals surface area contributed by atoms with Gasteiger partial charge in [-0.1, -0.05) is 0 Å². The van der Waals surface area contributed by atoms with Crippen LogP contribution in [0.2, 0.25) is 0 Å². The van der Waals surface area contributed by atoms with Crippen molar-refractivity contribution in [3.8, 4) is 0 Å². The lowest BCUT2D eigenvalue weighted by molar-refractivity contribution is 0.0610. The third-order valence-electron chi connectivity index (χ3n) is 3.70. The number of aromatic amines is 1. The lowest BCUT2D eigenvalue weighted by Crippen LogP contribution is -2.38. The lowest BCUT2D eigenvalue weighted by Gasteiger charge is -2.35. The van der Waals surface area contributed by atoms with Gasteiger partial charge in [-0.2, -0.15) is 5.10 Å². The predicted molar refractivity (Wildman–Crippen MR) is 75.3 cm³/mol. The molecule has 0 radical (unpaired) electrons. The zero-order valence-corrected chi connectivity index (χ0v) is 11.7. The first-order chi connectivity index (χ1) is 9.27. The average Bonchev–Trinajstić information content (AvgIpc) is 3.09. The molecular weight excluding hydrogens is 258 g/mol. The third-order valence-corrected chi connectivity index (χ3v) is 4.71. The van der Waals surface area contributed by atoms with Crippen molar-refractivity contribution in [1.29, 1.82) is 0 Å². The summed E-state index contributed by atoms with van der Waals surface area (Å²) in [5, 5.41) is 9.01. The number of hydrogen-bond donors (Lipinski definition) is 1. The number of aryl methyl sites for hydroxylation is 1. The molecule has 4 nitrogen and oxygen atoms in total. The summed E-state index contributed by atoms with van der Waals surface area (Å²) in [5.74, 6) is 0.159. The van der Waals surface area contributed by atoms with Gasteiger partial charge in [0.1, 0.15) is 0 Å². The molecule has 19 heavy (non-hydrogen) atoms. The standard InChI is InChI=1S/C14H17N3OS/c1-10-6-9-19-13(10)14(18)17-8-3-2-4-12(17)11-5-7-15-16-11/h5-7,9,12H,2-4,8H2,1H3,(H,15,16)/t12-/m0/s1. The molecule has 0 bridgehead atoms. The van der Waals surface area contributed by atoms with E-state index < -0.39 is 0 Å². The summed E-state index contributed by atoms with van der Waals surface area (Å²) in [6.45, 7) is 2.83. The molecule has 0 spiro atoms. The Morgan fingerprint density at radius 2 is 2.37 bits per heavy atom. The second-order valence-electron chi connectivity index (χ2n) is 4.95. The second kappa shape index (κ2) is 5.17. The summed E-state index contributed by atoms with van der Waals surface area (Å²) in [7, 11) is 0. The number of hydrogen-bond acceptors (Lipinski definition) is 3. The highest BCUT2D eigenvalue weighted by Crippen LogP contribution is 2.32. The van der Waals surface area contributed by atoms with Crippen LogP contribution in [0.5, 0.6) is 0 Å². The van der Waals surface area contributed by atoms with Crippen LogP contribution in [0.4, 0.5) is 0 Å². The molecule has 100 valence electrons. The SMILES string of the molecule is Cc1ccsc1C(=O)N1CCCC[C@H]1c1ccn[nH]1. The highest BCUT2D eigenvalue weighted by molar-refractivity contribution is 7.12. The Labute approximate surface area is 116 Å². The van der Waals surface area contributed by atoms with Gasteiger partial charge in [0.05, 0.1) is 16.6 Å². The maximum Gasteiger partial charge on any atom is 0.264 e. The molecule has 0 aliphatic carbocycles. The van der Waals surface area contributed by atoms with Gasteiger partial charge in [-0.3, -0.25) is 9.89 Å². The van der Waals surface area contributed by atoms with Crippen LogP contribution >= 0.6 is 11.3 Å². The van der Waals surface area contributed by atoms with Crippen LogP contribution in [-0.2, 0) is 0 Å². The molecule has 2 aromatic heterocycles. The number of nitrogens with one attached hydrogen (secondary N) is 1. The first-order valence-electron chi connectivity index (χ1n) is 6.61. The maximum atomic E-state index is 12.7. The number of rotatable bonds is 2. The zero-order chi connectivity index (χ0) is 13.2. The monoisotopic (exact) mass is 275 g/mol. The van der Waals surface area contributed by atoms with Crippen molar-refractivity contribution >= 4 is 17.2 Å².